The summed E-state index contributed by atoms with van der Waals surface area (Å²) in [5.41, 5.74) is 7.15. The minimum absolute atomic E-state index is 0.0402. The molecule has 0 aromatic heterocycles. The molecule has 1 aliphatic rings. The van der Waals surface area contributed by atoms with E-state index >= 15 is 0 Å². The van der Waals surface area contributed by atoms with Gasteiger partial charge in [0, 0.05) is 17.3 Å². The number of hydrogen-bond acceptors (Lipinski definition) is 3. The summed E-state index contributed by atoms with van der Waals surface area (Å²) in [6.07, 6.45) is 3.48. The lowest BCUT2D eigenvalue weighted by Gasteiger charge is -2.27. The first-order valence-electron chi connectivity index (χ1n) is 7.49. The van der Waals surface area contributed by atoms with Crippen molar-refractivity contribution in [1.82, 2.24) is 4.90 Å². The summed E-state index contributed by atoms with van der Waals surface area (Å²) in [6, 6.07) is 7.80. The Kier molecular flexibility index (Phi) is 5.31. The van der Waals surface area contributed by atoms with Crippen molar-refractivity contribution in [3.8, 4) is 0 Å². The predicted octanol–water partition coefficient (Wildman–Crippen LogP) is 2.52. The number of benzene rings is 1. The van der Waals surface area contributed by atoms with E-state index in [4.69, 9.17) is 18.0 Å². The average Bonchev–Trinajstić information content (AvgIpc) is 3.29. The number of hydrogen-bond donors (Lipinski definition) is 2. The highest BCUT2D eigenvalue weighted by Crippen LogP contribution is 2.29. The maximum atomic E-state index is 12.4. The minimum atomic E-state index is -0.104. The van der Waals surface area contributed by atoms with E-state index in [1.165, 1.54) is 12.8 Å². The van der Waals surface area contributed by atoms with Gasteiger partial charge in [-0.15, -0.1) is 0 Å². The molecule has 1 atom stereocenters. The maximum Gasteiger partial charge on any atom is 0.241 e. The third kappa shape index (κ3) is 4.25. The van der Waals surface area contributed by atoms with Gasteiger partial charge in [0.15, 0.2) is 0 Å². The fourth-order valence-electron chi connectivity index (χ4n) is 2.47. The van der Waals surface area contributed by atoms with Crippen LogP contribution in [0.2, 0.25) is 0 Å². The highest BCUT2D eigenvalue weighted by Gasteiger charge is 2.34. The van der Waals surface area contributed by atoms with Crippen LogP contribution in [0.3, 0.4) is 0 Å². The molecule has 0 saturated heterocycles. The van der Waals surface area contributed by atoms with E-state index in [0.29, 0.717) is 11.0 Å². The summed E-state index contributed by atoms with van der Waals surface area (Å²) in [7, 11) is 0. The van der Waals surface area contributed by atoms with E-state index in [9.17, 15) is 4.79 Å². The summed E-state index contributed by atoms with van der Waals surface area (Å²) in [6.45, 7) is 5.10. The van der Waals surface area contributed by atoms with Crippen molar-refractivity contribution < 1.29 is 4.79 Å². The number of thiocarbonyl (C=S) groups is 1. The molecule has 4 nitrogen and oxygen atoms in total. The molecular weight excluding hydrogens is 282 g/mol. The number of nitrogens with one attached hydrogen (secondary N) is 1. The number of nitrogens with zero attached hydrogens (tertiary/aromatic N) is 1. The van der Waals surface area contributed by atoms with Crippen LogP contribution in [-0.2, 0) is 4.79 Å². The highest BCUT2D eigenvalue weighted by atomic mass is 32.1. The molecular formula is C16H23N3OS. The van der Waals surface area contributed by atoms with Crippen LogP contribution in [-0.4, -0.2) is 34.4 Å². The first-order chi connectivity index (χ1) is 10.0. The van der Waals surface area contributed by atoms with Crippen LogP contribution >= 0.6 is 12.2 Å². The van der Waals surface area contributed by atoms with Crippen LogP contribution in [0.1, 0.15) is 38.7 Å². The molecule has 1 unspecified atom stereocenters. The number of carbonyl (C=O) groups is 1. The molecule has 21 heavy (non-hydrogen) atoms. The van der Waals surface area contributed by atoms with Crippen molar-refractivity contribution in [2.75, 3.05) is 11.9 Å². The van der Waals surface area contributed by atoms with Crippen LogP contribution in [0.5, 0.6) is 0 Å². The van der Waals surface area contributed by atoms with E-state index in [1.54, 1.807) is 0 Å². The maximum absolute atomic E-state index is 12.4. The second kappa shape index (κ2) is 7.00. The van der Waals surface area contributed by atoms with E-state index < -0.39 is 0 Å². The SMILES string of the molecule is CCCN(C1CC1)C(C)C(=O)Nc1ccc(C(N)=S)cc1. The third-order valence-corrected chi connectivity index (χ3v) is 4.05. The Morgan fingerprint density at radius 3 is 2.52 bits per heavy atom. The van der Waals surface area contributed by atoms with Gasteiger partial charge < -0.3 is 11.1 Å². The number of amides is 1. The molecule has 1 saturated carbocycles. The van der Waals surface area contributed by atoms with E-state index in [2.05, 4.69) is 17.1 Å². The van der Waals surface area contributed by atoms with Gasteiger partial charge in [-0.1, -0.05) is 19.1 Å². The zero-order valence-electron chi connectivity index (χ0n) is 12.6. The molecule has 0 bridgehead atoms. The highest BCUT2D eigenvalue weighted by molar-refractivity contribution is 7.80. The lowest BCUT2D eigenvalue weighted by atomic mass is 10.2. The summed E-state index contributed by atoms with van der Waals surface area (Å²) >= 11 is 4.92. The number of rotatable bonds is 7. The number of carbonyl (C=O) groups excluding carboxylic acids is 1. The monoisotopic (exact) mass is 305 g/mol. The van der Waals surface area contributed by atoms with Crippen molar-refractivity contribution in [2.24, 2.45) is 5.73 Å². The molecule has 1 fully saturated rings. The van der Waals surface area contributed by atoms with Crippen molar-refractivity contribution in [3.63, 3.8) is 0 Å². The van der Waals surface area contributed by atoms with Crippen LogP contribution in [0.15, 0.2) is 24.3 Å². The molecule has 1 aliphatic carbocycles. The van der Waals surface area contributed by atoms with Gasteiger partial charge in [0.05, 0.1) is 6.04 Å². The van der Waals surface area contributed by atoms with E-state index in [0.717, 1.165) is 24.2 Å². The lowest BCUT2D eigenvalue weighted by Crippen LogP contribution is -2.43. The van der Waals surface area contributed by atoms with Gasteiger partial charge in [-0.25, -0.2) is 0 Å². The van der Waals surface area contributed by atoms with Crippen LogP contribution < -0.4 is 11.1 Å². The molecule has 0 radical (unpaired) electrons. The van der Waals surface area contributed by atoms with Crippen molar-refractivity contribution in [3.05, 3.63) is 29.8 Å². The Hall–Kier alpha value is -1.46. The Labute approximate surface area is 131 Å². The predicted molar refractivity (Wildman–Crippen MR) is 90.4 cm³/mol. The fourth-order valence-corrected chi connectivity index (χ4v) is 2.61. The van der Waals surface area contributed by atoms with Gasteiger partial charge >= 0.3 is 0 Å². The van der Waals surface area contributed by atoms with Crippen LogP contribution in [0, 0.1) is 0 Å². The van der Waals surface area contributed by atoms with Crippen molar-refractivity contribution in [1.29, 1.82) is 0 Å². The third-order valence-electron chi connectivity index (χ3n) is 3.81. The van der Waals surface area contributed by atoms with E-state index in [-0.39, 0.29) is 11.9 Å². The smallest absolute Gasteiger partial charge is 0.241 e. The Morgan fingerprint density at radius 1 is 1.43 bits per heavy atom. The molecule has 3 N–H and O–H groups in total. The molecule has 0 heterocycles. The standard InChI is InChI=1S/C16H23N3OS/c1-3-10-19(14-8-9-14)11(2)16(20)18-13-6-4-12(5-7-13)15(17)21/h4-7,11,14H,3,8-10H2,1-2H3,(H2,17,21)(H,18,20). The molecule has 0 aliphatic heterocycles. The van der Waals surface area contributed by atoms with Gasteiger partial charge in [0.25, 0.3) is 0 Å². The second-order valence-corrected chi connectivity index (χ2v) is 6.02. The van der Waals surface area contributed by atoms with Crippen molar-refractivity contribution >= 4 is 28.8 Å². The number of nitrogens with two attached hydrogens (primary N) is 1. The van der Waals surface area contributed by atoms with Gasteiger partial charge in [-0.2, -0.15) is 0 Å². The summed E-state index contributed by atoms with van der Waals surface area (Å²) in [5.74, 6) is 0.0402. The zero-order chi connectivity index (χ0) is 15.4. The van der Waals surface area contributed by atoms with Gasteiger partial charge in [0.2, 0.25) is 5.91 Å². The first kappa shape index (κ1) is 15.9. The minimum Gasteiger partial charge on any atom is -0.389 e. The summed E-state index contributed by atoms with van der Waals surface area (Å²) in [4.78, 5) is 15.0. The lowest BCUT2D eigenvalue weighted by molar-refractivity contribution is -0.121. The van der Waals surface area contributed by atoms with Crippen molar-refractivity contribution in [2.45, 2.75) is 45.2 Å². The summed E-state index contributed by atoms with van der Waals surface area (Å²) in [5, 5.41) is 2.96. The fraction of sp³-hybridized carbons (Fsp3) is 0.500. The topological polar surface area (TPSA) is 58.4 Å². The normalized spacial score (nSPS) is 15.8. The molecule has 2 rings (SSSR count). The quantitative estimate of drug-likeness (QED) is 0.760. The molecule has 5 heteroatoms. The van der Waals surface area contributed by atoms with E-state index in [1.807, 2.05) is 31.2 Å². The zero-order valence-corrected chi connectivity index (χ0v) is 13.5. The number of anilines is 1. The molecule has 1 amide bonds. The summed E-state index contributed by atoms with van der Waals surface area (Å²) < 4.78 is 0. The van der Waals surface area contributed by atoms with Crippen LogP contribution in [0.4, 0.5) is 5.69 Å². The van der Waals surface area contributed by atoms with Gasteiger partial charge in [-0.3, -0.25) is 9.69 Å². The second-order valence-electron chi connectivity index (χ2n) is 5.58. The molecule has 114 valence electrons. The Balaban J connectivity index is 1.97. The van der Waals surface area contributed by atoms with Gasteiger partial charge in [0.1, 0.15) is 4.99 Å². The molecule has 1 aromatic rings. The van der Waals surface area contributed by atoms with Gasteiger partial charge in [-0.05, 0) is 57.0 Å². The largest absolute Gasteiger partial charge is 0.389 e. The Bertz CT molecular complexity index is 511. The molecule has 0 spiro atoms. The van der Waals surface area contributed by atoms with Crippen LogP contribution in [0.25, 0.3) is 0 Å². The Morgan fingerprint density at radius 2 is 2.05 bits per heavy atom. The first-order valence-corrected chi connectivity index (χ1v) is 7.90. The molecule has 1 aromatic carbocycles. The average molecular weight is 305 g/mol.